The van der Waals surface area contributed by atoms with E-state index in [4.69, 9.17) is 0 Å². The predicted octanol–water partition coefficient (Wildman–Crippen LogP) is 12.6. The molecule has 0 saturated heterocycles. The highest BCUT2D eigenvalue weighted by molar-refractivity contribution is 7.17. The van der Waals surface area contributed by atoms with Gasteiger partial charge in [-0.1, -0.05) is 166 Å². The van der Waals surface area contributed by atoms with Crippen molar-refractivity contribution in [2.75, 3.05) is 0 Å². The number of allylic oxidation sites excluding steroid dienone is 2. The van der Waals surface area contributed by atoms with E-state index in [1.165, 1.54) is 55.7 Å². The van der Waals surface area contributed by atoms with Crippen LogP contribution in [0.1, 0.15) is 114 Å². The lowest BCUT2D eigenvalue weighted by Crippen LogP contribution is -2.53. The minimum atomic E-state index is -2.68. The second-order valence-electron chi connectivity index (χ2n) is 14.8. The molecule has 0 nitrogen and oxygen atoms in total. The molecule has 0 bridgehead atoms. The van der Waals surface area contributed by atoms with Crippen LogP contribution in [0.4, 0.5) is 0 Å². The third-order valence-electron chi connectivity index (χ3n) is 10.4. The lowest BCUT2D eigenvalue weighted by molar-refractivity contribution is 0.639. The highest BCUT2D eigenvalue weighted by Crippen LogP contribution is 2.70. The second-order valence-corrected chi connectivity index (χ2v) is 20.3. The SMILES string of the molecule is CCc1ccccc1C1=C(c2ccccc2CC)[Si](C(C)(C)C)(C(C)(C)C)C(c2ccccc2CC)=C1c1ccccc1CC. The van der Waals surface area contributed by atoms with E-state index in [0.717, 1.165) is 25.7 Å². The van der Waals surface area contributed by atoms with Crippen LogP contribution in [0.25, 0.3) is 21.5 Å². The van der Waals surface area contributed by atoms with Gasteiger partial charge in [-0.15, -0.1) is 0 Å². The molecule has 4 aromatic carbocycles. The first-order valence-corrected chi connectivity index (χ1v) is 19.3. The van der Waals surface area contributed by atoms with Crippen LogP contribution < -0.4 is 0 Å². The van der Waals surface area contributed by atoms with Crippen LogP contribution >= 0.6 is 0 Å². The fraction of sp³-hybridized carbons (Fsp3) is 0.364. The van der Waals surface area contributed by atoms with E-state index in [1.54, 1.807) is 10.4 Å². The molecule has 1 aliphatic rings. The Labute approximate surface area is 275 Å². The zero-order valence-corrected chi connectivity index (χ0v) is 30.6. The molecule has 1 heteroatoms. The van der Waals surface area contributed by atoms with Crippen molar-refractivity contribution in [3.05, 3.63) is 142 Å². The number of benzene rings is 4. The highest BCUT2D eigenvalue weighted by Gasteiger charge is 2.63. The van der Waals surface area contributed by atoms with Crippen LogP contribution in [0.2, 0.25) is 10.1 Å². The average Bonchev–Trinajstić information content (AvgIpc) is 3.37. The molecule has 0 spiro atoms. The van der Waals surface area contributed by atoms with Crippen LogP contribution in [0, 0.1) is 0 Å². The van der Waals surface area contributed by atoms with Gasteiger partial charge in [-0.25, -0.2) is 0 Å². The monoisotopic (exact) mass is 610 g/mol. The molecule has 1 heterocycles. The summed E-state index contributed by atoms with van der Waals surface area (Å²) in [5.41, 5.74) is 14.5. The molecule has 0 N–H and O–H groups in total. The largest absolute Gasteiger partial charge is 0.131 e. The Morgan fingerprint density at radius 1 is 0.378 bits per heavy atom. The van der Waals surface area contributed by atoms with Gasteiger partial charge in [0.2, 0.25) is 0 Å². The smallest absolute Gasteiger partial charge is 0.0620 e. The van der Waals surface area contributed by atoms with E-state index in [9.17, 15) is 0 Å². The molecule has 4 aromatic rings. The van der Waals surface area contributed by atoms with Crippen molar-refractivity contribution in [1.82, 2.24) is 0 Å². The average molecular weight is 611 g/mol. The van der Waals surface area contributed by atoms with E-state index in [1.807, 2.05) is 0 Å². The van der Waals surface area contributed by atoms with Crippen molar-refractivity contribution >= 4 is 29.6 Å². The van der Waals surface area contributed by atoms with Gasteiger partial charge in [0.1, 0.15) is 8.07 Å². The van der Waals surface area contributed by atoms with Crippen LogP contribution in [0.15, 0.2) is 97.1 Å². The molecule has 0 aromatic heterocycles. The van der Waals surface area contributed by atoms with Gasteiger partial charge < -0.3 is 0 Å². The Kier molecular flexibility index (Phi) is 9.34. The minimum Gasteiger partial charge on any atom is -0.0620 e. The number of aryl methyl sites for hydroxylation is 4. The second kappa shape index (κ2) is 12.8. The van der Waals surface area contributed by atoms with E-state index < -0.39 is 8.07 Å². The summed E-state index contributed by atoms with van der Waals surface area (Å²) in [4.78, 5) is 0. The Balaban J connectivity index is 2.21. The van der Waals surface area contributed by atoms with Gasteiger partial charge in [0, 0.05) is 0 Å². The zero-order valence-electron chi connectivity index (χ0n) is 29.6. The summed E-state index contributed by atoms with van der Waals surface area (Å²) in [7, 11) is -2.68. The van der Waals surface area contributed by atoms with Crippen molar-refractivity contribution in [3.8, 4) is 0 Å². The molecular weight excluding hydrogens is 557 g/mol. The summed E-state index contributed by atoms with van der Waals surface area (Å²) in [5, 5.41) is 3.32. The van der Waals surface area contributed by atoms with Crippen LogP contribution in [0.5, 0.6) is 0 Å². The normalized spacial score (nSPS) is 15.2. The van der Waals surface area contributed by atoms with Gasteiger partial charge in [-0.2, -0.15) is 0 Å². The molecule has 0 amide bonds. The first-order valence-electron chi connectivity index (χ1n) is 17.3. The zero-order chi connectivity index (χ0) is 32.6. The molecule has 0 radical (unpaired) electrons. The molecule has 45 heavy (non-hydrogen) atoms. The Bertz CT molecular complexity index is 1620. The summed E-state index contributed by atoms with van der Waals surface area (Å²) in [6.07, 6.45) is 4.04. The molecule has 234 valence electrons. The van der Waals surface area contributed by atoms with E-state index in [2.05, 4.69) is 166 Å². The predicted molar refractivity (Wildman–Crippen MR) is 202 cm³/mol. The quantitative estimate of drug-likeness (QED) is 0.174. The summed E-state index contributed by atoms with van der Waals surface area (Å²) in [6.45, 7) is 24.7. The van der Waals surface area contributed by atoms with Gasteiger partial charge in [-0.05, 0) is 102 Å². The summed E-state index contributed by atoms with van der Waals surface area (Å²) < 4.78 is 0. The van der Waals surface area contributed by atoms with Crippen molar-refractivity contribution in [1.29, 1.82) is 0 Å². The maximum atomic E-state index is 2.56. The van der Waals surface area contributed by atoms with Gasteiger partial charge in [0.25, 0.3) is 0 Å². The van der Waals surface area contributed by atoms with Crippen molar-refractivity contribution < 1.29 is 0 Å². The molecule has 5 rings (SSSR count). The van der Waals surface area contributed by atoms with Gasteiger partial charge in [0.15, 0.2) is 0 Å². The minimum absolute atomic E-state index is 0.0208. The molecule has 1 aliphatic heterocycles. The number of hydrogen-bond acceptors (Lipinski definition) is 0. The van der Waals surface area contributed by atoms with Crippen LogP contribution in [-0.2, 0) is 25.7 Å². The van der Waals surface area contributed by atoms with Crippen molar-refractivity contribution in [2.24, 2.45) is 0 Å². The number of hydrogen-bond donors (Lipinski definition) is 0. The van der Waals surface area contributed by atoms with E-state index in [0.29, 0.717) is 0 Å². The van der Waals surface area contributed by atoms with E-state index in [-0.39, 0.29) is 10.1 Å². The van der Waals surface area contributed by atoms with Crippen molar-refractivity contribution in [3.63, 3.8) is 0 Å². The lowest BCUT2D eigenvalue weighted by atomic mass is 9.83. The van der Waals surface area contributed by atoms with E-state index >= 15 is 0 Å². The molecule has 0 saturated carbocycles. The van der Waals surface area contributed by atoms with Crippen LogP contribution in [0.3, 0.4) is 0 Å². The van der Waals surface area contributed by atoms with Gasteiger partial charge >= 0.3 is 0 Å². The molecule has 0 fully saturated rings. The van der Waals surface area contributed by atoms with Crippen LogP contribution in [-0.4, -0.2) is 8.07 Å². The Hall–Kier alpha value is -3.42. The Morgan fingerprint density at radius 2 is 0.622 bits per heavy atom. The first kappa shape index (κ1) is 33.0. The van der Waals surface area contributed by atoms with Gasteiger partial charge in [-0.3, -0.25) is 0 Å². The maximum Gasteiger partial charge on any atom is 0.131 e. The summed E-state index contributed by atoms with van der Waals surface area (Å²) in [5.74, 6) is 0. The van der Waals surface area contributed by atoms with Gasteiger partial charge in [0.05, 0.1) is 0 Å². The molecule has 0 atom stereocenters. The molecular formula is C44H54Si. The third-order valence-corrected chi connectivity index (χ3v) is 17.5. The third kappa shape index (κ3) is 5.32. The topological polar surface area (TPSA) is 0 Å². The summed E-state index contributed by atoms with van der Waals surface area (Å²) in [6, 6.07) is 37.3. The van der Waals surface area contributed by atoms with Crippen molar-refractivity contribution in [2.45, 2.75) is 105 Å². The first-order chi connectivity index (χ1) is 21.5. The Morgan fingerprint density at radius 3 is 0.889 bits per heavy atom. The number of rotatable bonds is 8. The highest BCUT2D eigenvalue weighted by atomic mass is 28.3. The molecule has 0 aliphatic carbocycles. The maximum absolute atomic E-state index is 2.68. The fourth-order valence-corrected chi connectivity index (χ4v) is 16.9. The standard InChI is InChI=1S/C44H54Si/c1-11-31-23-15-19-27-35(31)39-40(36-28-20-16-24-32(36)12-2)42(38-30-22-18-26-34(38)14-4)45(43(5,6)7,44(8,9)10)41(39)37-29-21-17-25-33(37)13-3/h15-30H,11-14H2,1-10H3. The summed E-state index contributed by atoms with van der Waals surface area (Å²) >= 11 is 0. The lowest BCUT2D eigenvalue weighted by Gasteiger charge is -2.54. The fourth-order valence-electron chi connectivity index (χ4n) is 8.88. The molecule has 0 unspecified atom stereocenters.